The molecule has 0 saturated heterocycles. The second kappa shape index (κ2) is 8.44. The fourth-order valence-electron chi connectivity index (χ4n) is 1.35. The number of rotatable bonds is 8. The second-order valence-electron chi connectivity index (χ2n) is 3.41. The molecule has 4 heteroatoms. The largest absolute Gasteiger partial charge is 0.383 e. The maximum atomic E-state index is 11.9. The Hall–Kier alpha value is -0.870. The molecule has 15 heavy (non-hydrogen) atoms. The summed E-state index contributed by atoms with van der Waals surface area (Å²) in [6.07, 6.45) is 2.49. The first-order chi connectivity index (χ1) is 7.21. The van der Waals surface area contributed by atoms with E-state index in [-0.39, 0.29) is 11.8 Å². The molecule has 0 saturated carbocycles. The molecule has 0 spiro atoms. The molecule has 0 heterocycles. The number of methoxy groups -OCH3 is 1. The van der Waals surface area contributed by atoms with E-state index in [1.54, 1.807) is 18.1 Å². The molecule has 0 bridgehead atoms. The number of nitrogens with two attached hydrogens (primary N) is 1. The van der Waals surface area contributed by atoms with Gasteiger partial charge in [-0.25, -0.2) is 0 Å². The van der Waals surface area contributed by atoms with E-state index in [2.05, 4.69) is 6.58 Å². The Balaban J connectivity index is 4.31. The Morgan fingerprint density at radius 2 is 2.33 bits per heavy atom. The number of hydrogen-bond donors (Lipinski definition) is 1. The summed E-state index contributed by atoms with van der Waals surface area (Å²) in [5.74, 6) is 0.0127. The molecule has 0 rings (SSSR count). The predicted octanol–water partition coefficient (Wildman–Crippen LogP) is 0.632. The SMILES string of the molecule is C=CCN(CCOC)C(=O)C(CC)CN. The lowest BCUT2D eigenvalue weighted by atomic mass is 10.1. The number of carbonyl (C=O) groups is 1. The molecule has 0 radical (unpaired) electrons. The van der Waals surface area contributed by atoms with Crippen molar-refractivity contribution in [2.24, 2.45) is 11.7 Å². The second-order valence-corrected chi connectivity index (χ2v) is 3.41. The average Bonchev–Trinajstić information content (AvgIpc) is 2.25. The fourth-order valence-corrected chi connectivity index (χ4v) is 1.35. The van der Waals surface area contributed by atoms with Crippen molar-refractivity contribution in [1.82, 2.24) is 4.90 Å². The predicted molar refractivity (Wildman–Crippen MR) is 61.5 cm³/mol. The van der Waals surface area contributed by atoms with Gasteiger partial charge in [0.1, 0.15) is 0 Å². The van der Waals surface area contributed by atoms with Crippen molar-refractivity contribution in [1.29, 1.82) is 0 Å². The lowest BCUT2D eigenvalue weighted by Crippen LogP contribution is -2.40. The first-order valence-electron chi connectivity index (χ1n) is 5.29. The number of ether oxygens (including phenoxy) is 1. The van der Waals surface area contributed by atoms with Gasteiger partial charge in [0.25, 0.3) is 0 Å². The first-order valence-corrected chi connectivity index (χ1v) is 5.29. The van der Waals surface area contributed by atoms with Crippen LogP contribution < -0.4 is 5.73 Å². The van der Waals surface area contributed by atoms with Crippen LogP contribution in [-0.4, -0.2) is 44.2 Å². The van der Waals surface area contributed by atoms with Crippen molar-refractivity contribution < 1.29 is 9.53 Å². The van der Waals surface area contributed by atoms with Crippen LogP contribution in [0.2, 0.25) is 0 Å². The van der Waals surface area contributed by atoms with Gasteiger partial charge in [-0.3, -0.25) is 4.79 Å². The van der Waals surface area contributed by atoms with Crippen LogP contribution in [0, 0.1) is 5.92 Å². The molecule has 1 unspecified atom stereocenters. The third-order valence-electron chi connectivity index (χ3n) is 2.35. The normalized spacial score (nSPS) is 12.2. The quantitative estimate of drug-likeness (QED) is 0.603. The Morgan fingerprint density at radius 3 is 2.73 bits per heavy atom. The van der Waals surface area contributed by atoms with Gasteiger partial charge in [0.15, 0.2) is 0 Å². The maximum absolute atomic E-state index is 11.9. The van der Waals surface area contributed by atoms with Crippen LogP contribution >= 0.6 is 0 Å². The molecule has 0 fully saturated rings. The van der Waals surface area contributed by atoms with Gasteiger partial charge in [0.2, 0.25) is 5.91 Å². The van der Waals surface area contributed by atoms with E-state index in [0.29, 0.717) is 26.2 Å². The number of nitrogens with zero attached hydrogens (tertiary/aromatic N) is 1. The zero-order chi connectivity index (χ0) is 11.7. The van der Waals surface area contributed by atoms with Crippen molar-refractivity contribution in [3.05, 3.63) is 12.7 Å². The summed E-state index contributed by atoms with van der Waals surface area (Å²) in [5.41, 5.74) is 5.54. The zero-order valence-electron chi connectivity index (χ0n) is 9.74. The Kier molecular flexibility index (Phi) is 7.95. The van der Waals surface area contributed by atoms with Crippen molar-refractivity contribution in [3.8, 4) is 0 Å². The minimum Gasteiger partial charge on any atom is -0.383 e. The minimum atomic E-state index is -0.0817. The molecule has 0 aliphatic heterocycles. The minimum absolute atomic E-state index is 0.0817. The van der Waals surface area contributed by atoms with Gasteiger partial charge in [-0.05, 0) is 6.42 Å². The van der Waals surface area contributed by atoms with Crippen LogP contribution in [0.15, 0.2) is 12.7 Å². The summed E-state index contributed by atoms with van der Waals surface area (Å²) in [7, 11) is 1.62. The van der Waals surface area contributed by atoms with E-state index < -0.39 is 0 Å². The molecule has 1 atom stereocenters. The molecule has 88 valence electrons. The van der Waals surface area contributed by atoms with E-state index >= 15 is 0 Å². The lowest BCUT2D eigenvalue weighted by Gasteiger charge is -2.24. The maximum Gasteiger partial charge on any atom is 0.227 e. The molecule has 0 aromatic carbocycles. The van der Waals surface area contributed by atoms with Crippen molar-refractivity contribution in [3.63, 3.8) is 0 Å². The molecule has 4 nitrogen and oxygen atoms in total. The summed E-state index contributed by atoms with van der Waals surface area (Å²) >= 11 is 0. The van der Waals surface area contributed by atoms with E-state index in [1.165, 1.54) is 0 Å². The summed E-state index contributed by atoms with van der Waals surface area (Å²) in [5, 5.41) is 0. The highest BCUT2D eigenvalue weighted by atomic mass is 16.5. The monoisotopic (exact) mass is 214 g/mol. The van der Waals surface area contributed by atoms with Gasteiger partial charge in [-0.1, -0.05) is 13.0 Å². The molecule has 1 amide bonds. The average molecular weight is 214 g/mol. The highest BCUT2D eigenvalue weighted by molar-refractivity contribution is 5.79. The van der Waals surface area contributed by atoms with Crippen LogP contribution in [-0.2, 0) is 9.53 Å². The third kappa shape index (κ3) is 4.95. The Bertz CT molecular complexity index is 191. The van der Waals surface area contributed by atoms with E-state index in [1.807, 2.05) is 6.92 Å². The van der Waals surface area contributed by atoms with Gasteiger partial charge in [0, 0.05) is 26.7 Å². The van der Waals surface area contributed by atoms with Gasteiger partial charge < -0.3 is 15.4 Å². The molecule has 0 aliphatic rings. The van der Waals surface area contributed by atoms with E-state index in [9.17, 15) is 4.79 Å². The highest BCUT2D eigenvalue weighted by Crippen LogP contribution is 2.06. The Morgan fingerprint density at radius 1 is 1.67 bits per heavy atom. The lowest BCUT2D eigenvalue weighted by molar-refractivity contribution is -0.135. The van der Waals surface area contributed by atoms with Crippen LogP contribution in [0.5, 0.6) is 0 Å². The summed E-state index contributed by atoms with van der Waals surface area (Å²) in [6, 6.07) is 0. The molecular formula is C11H22N2O2. The number of hydrogen-bond acceptors (Lipinski definition) is 3. The number of amides is 1. The summed E-state index contributed by atoms with van der Waals surface area (Å²) in [6.45, 7) is 7.70. The van der Waals surface area contributed by atoms with Crippen LogP contribution in [0.1, 0.15) is 13.3 Å². The summed E-state index contributed by atoms with van der Waals surface area (Å²) < 4.78 is 4.96. The van der Waals surface area contributed by atoms with Gasteiger partial charge in [-0.15, -0.1) is 6.58 Å². The number of carbonyl (C=O) groups excluding carboxylic acids is 1. The molecular weight excluding hydrogens is 192 g/mol. The topological polar surface area (TPSA) is 55.6 Å². The molecule has 0 aromatic rings. The smallest absolute Gasteiger partial charge is 0.227 e. The Labute approximate surface area is 92.1 Å². The van der Waals surface area contributed by atoms with Crippen LogP contribution in [0.25, 0.3) is 0 Å². The zero-order valence-corrected chi connectivity index (χ0v) is 9.74. The van der Waals surface area contributed by atoms with Crippen LogP contribution in [0.3, 0.4) is 0 Å². The molecule has 0 aliphatic carbocycles. The first kappa shape index (κ1) is 14.1. The highest BCUT2D eigenvalue weighted by Gasteiger charge is 2.20. The van der Waals surface area contributed by atoms with E-state index in [0.717, 1.165) is 6.42 Å². The van der Waals surface area contributed by atoms with Crippen molar-refractivity contribution in [2.45, 2.75) is 13.3 Å². The van der Waals surface area contributed by atoms with E-state index in [4.69, 9.17) is 10.5 Å². The van der Waals surface area contributed by atoms with Gasteiger partial charge in [-0.2, -0.15) is 0 Å². The third-order valence-corrected chi connectivity index (χ3v) is 2.35. The van der Waals surface area contributed by atoms with Gasteiger partial charge >= 0.3 is 0 Å². The summed E-state index contributed by atoms with van der Waals surface area (Å²) in [4.78, 5) is 13.7. The van der Waals surface area contributed by atoms with Crippen molar-refractivity contribution in [2.75, 3.05) is 33.4 Å². The van der Waals surface area contributed by atoms with Crippen molar-refractivity contribution >= 4 is 5.91 Å². The standard InChI is InChI=1S/C11H22N2O2/c1-4-6-13(7-8-15-3)11(14)10(5-2)9-12/h4,10H,1,5-9,12H2,2-3H3. The molecule has 0 aromatic heterocycles. The van der Waals surface area contributed by atoms with Crippen LogP contribution in [0.4, 0.5) is 0 Å². The fraction of sp³-hybridized carbons (Fsp3) is 0.727. The molecule has 2 N–H and O–H groups in total. The van der Waals surface area contributed by atoms with Gasteiger partial charge in [0.05, 0.1) is 12.5 Å².